The Kier molecular flexibility index (Phi) is 4.74. The molecule has 0 unspecified atom stereocenters. The Morgan fingerprint density at radius 2 is 1.95 bits per heavy atom. The molecule has 6 heteroatoms. The number of nitrogens with zero attached hydrogens (tertiary/aromatic N) is 3. The van der Waals surface area contributed by atoms with Gasteiger partial charge >= 0.3 is 0 Å². The lowest BCUT2D eigenvalue weighted by atomic mass is 9.92. The molecule has 0 saturated carbocycles. The second kappa shape index (κ2) is 6.20. The van der Waals surface area contributed by atoms with Gasteiger partial charge in [0.05, 0.1) is 10.8 Å². The van der Waals surface area contributed by atoms with Crippen molar-refractivity contribution in [2.45, 2.75) is 25.9 Å². The molecule has 0 N–H and O–H groups in total. The standard InChI is InChI=1S/C15H18ClN3OS/c1-15(2,3)12(20)9-21-14-18-17-13(19(14)4)10-7-5-6-8-11(10)16/h5-8H,9H2,1-4H3. The fourth-order valence-electron chi connectivity index (χ4n) is 1.66. The summed E-state index contributed by atoms with van der Waals surface area (Å²) in [6, 6.07) is 7.51. The van der Waals surface area contributed by atoms with E-state index in [0.29, 0.717) is 21.8 Å². The Hall–Kier alpha value is -1.33. The van der Waals surface area contributed by atoms with Crippen molar-refractivity contribution in [3.63, 3.8) is 0 Å². The van der Waals surface area contributed by atoms with Gasteiger partial charge in [-0.2, -0.15) is 0 Å². The molecule has 0 atom stereocenters. The van der Waals surface area contributed by atoms with Crippen molar-refractivity contribution in [3.05, 3.63) is 29.3 Å². The van der Waals surface area contributed by atoms with Crippen LogP contribution in [0, 0.1) is 5.41 Å². The topological polar surface area (TPSA) is 47.8 Å². The minimum atomic E-state index is -0.336. The summed E-state index contributed by atoms with van der Waals surface area (Å²) in [5, 5.41) is 9.68. The van der Waals surface area contributed by atoms with Crippen molar-refractivity contribution in [3.8, 4) is 11.4 Å². The maximum Gasteiger partial charge on any atom is 0.191 e. The normalized spacial score (nSPS) is 11.7. The van der Waals surface area contributed by atoms with Crippen LogP contribution in [0.1, 0.15) is 20.8 Å². The molecule has 2 rings (SSSR count). The maximum atomic E-state index is 12.0. The molecule has 0 bridgehead atoms. The molecule has 1 aromatic heterocycles. The molecule has 0 aliphatic heterocycles. The van der Waals surface area contributed by atoms with Gasteiger partial charge < -0.3 is 4.57 Å². The monoisotopic (exact) mass is 323 g/mol. The molecule has 0 radical (unpaired) electrons. The third kappa shape index (κ3) is 3.66. The largest absolute Gasteiger partial charge is 0.305 e. The summed E-state index contributed by atoms with van der Waals surface area (Å²) < 4.78 is 1.86. The van der Waals surface area contributed by atoms with E-state index in [1.807, 2.05) is 56.7 Å². The van der Waals surface area contributed by atoms with Gasteiger partial charge in [-0.25, -0.2) is 0 Å². The average Bonchev–Trinajstić information content (AvgIpc) is 2.77. The smallest absolute Gasteiger partial charge is 0.191 e. The van der Waals surface area contributed by atoms with Gasteiger partial charge in [0.1, 0.15) is 5.78 Å². The molecule has 1 heterocycles. The molecule has 0 saturated heterocycles. The Morgan fingerprint density at radius 1 is 1.29 bits per heavy atom. The molecule has 0 aliphatic carbocycles. The summed E-state index contributed by atoms with van der Waals surface area (Å²) in [5.74, 6) is 1.28. The summed E-state index contributed by atoms with van der Waals surface area (Å²) in [6.45, 7) is 5.76. The van der Waals surface area contributed by atoms with E-state index in [2.05, 4.69) is 10.2 Å². The molecule has 0 spiro atoms. The number of rotatable bonds is 4. The molecule has 1 aromatic carbocycles. The average molecular weight is 324 g/mol. The van der Waals surface area contributed by atoms with Gasteiger partial charge in [0.2, 0.25) is 0 Å². The molecular formula is C15H18ClN3OS. The fraction of sp³-hybridized carbons (Fsp3) is 0.400. The Bertz CT molecular complexity index is 661. The van der Waals surface area contributed by atoms with Gasteiger partial charge in [0.25, 0.3) is 0 Å². The van der Waals surface area contributed by atoms with Crippen LogP contribution in [0.2, 0.25) is 5.02 Å². The van der Waals surface area contributed by atoms with Crippen LogP contribution in [0.3, 0.4) is 0 Å². The quantitative estimate of drug-likeness (QED) is 0.802. The van der Waals surface area contributed by atoms with Gasteiger partial charge in [-0.3, -0.25) is 4.79 Å². The highest BCUT2D eigenvalue weighted by Gasteiger charge is 2.22. The Labute approximate surface area is 133 Å². The van der Waals surface area contributed by atoms with Gasteiger partial charge in [-0.05, 0) is 12.1 Å². The number of thioether (sulfide) groups is 1. The number of benzene rings is 1. The fourth-order valence-corrected chi connectivity index (χ4v) is 2.96. The number of aromatic nitrogens is 3. The van der Waals surface area contributed by atoms with Gasteiger partial charge in [-0.15, -0.1) is 10.2 Å². The van der Waals surface area contributed by atoms with Gasteiger partial charge in [-0.1, -0.05) is 56.3 Å². The highest BCUT2D eigenvalue weighted by molar-refractivity contribution is 7.99. The van der Waals surface area contributed by atoms with E-state index in [1.54, 1.807) is 0 Å². The van der Waals surface area contributed by atoms with Crippen molar-refractivity contribution in [2.75, 3.05) is 5.75 Å². The molecule has 0 fully saturated rings. The lowest BCUT2D eigenvalue weighted by Gasteiger charge is -2.15. The molecule has 0 amide bonds. The second-order valence-corrected chi connectivity index (χ2v) is 7.16. The zero-order valence-corrected chi connectivity index (χ0v) is 14.1. The minimum absolute atomic E-state index is 0.190. The van der Waals surface area contributed by atoms with E-state index in [4.69, 9.17) is 11.6 Å². The number of Topliss-reactive ketones (excluding diaryl/α,β-unsaturated/α-hetero) is 1. The second-order valence-electron chi connectivity index (χ2n) is 5.81. The zero-order chi connectivity index (χ0) is 15.6. The first kappa shape index (κ1) is 16.0. The number of hydrogen-bond donors (Lipinski definition) is 0. The molecule has 2 aromatic rings. The number of carbonyl (C=O) groups is 1. The van der Waals surface area contributed by atoms with Crippen LogP contribution in [-0.2, 0) is 11.8 Å². The molecular weight excluding hydrogens is 306 g/mol. The zero-order valence-electron chi connectivity index (χ0n) is 12.6. The van der Waals surface area contributed by atoms with Crippen molar-refractivity contribution < 1.29 is 4.79 Å². The van der Waals surface area contributed by atoms with E-state index < -0.39 is 0 Å². The molecule has 21 heavy (non-hydrogen) atoms. The van der Waals surface area contributed by atoms with Crippen molar-refractivity contribution in [1.82, 2.24) is 14.8 Å². The third-order valence-electron chi connectivity index (χ3n) is 3.12. The summed E-state index contributed by atoms with van der Waals surface area (Å²) >= 11 is 7.59. The van der Waals surface area contributed by atoms with Crippen LogP contribution in [0.25, 0.3) is 11.4 Å². The van der Waals surface area contributed by atoms with Crippen LogP contribution in [0.4, 0.5) is 0 Å². The molecule has 0 aliphatic rings. The summed E-state index contributed by atoms with van der Waals surface area (Å²) in [4.78, 5) is 12.0. The Balaban J connectivity index is 2.19. The molecule has 112 valence electrons. The van der Waals surface area contributed by atoms with E-state index in [9.17, 15) is 4.79 Å². The van der Waals surface area contributed by atoms with Crippen LogP contribution in [-0.4, -0.2) is 26.3 Å². The van der Waals surface area contributed by atoms with Crippen molar-refractivity contribution in [1.29, 1.82) is 0 Å². The van der Waals surface area contributed by atoms with Crippen molar-refractivity contribution in [2.24, 2.45) is 12.5 Å². The highest BCUT2D eigenvalue weighted by Crippen LogP contribution is 2.29. The third-order valence-corrected chi connectivity index (χ3v) is 4.47. The van der Waals surface area contributed by atoms with Crippen LogP contribution < -0.4 is 0 Å². The summed E-state index contributed by atoms with van der Waals surface area (Å²) in [7, 11) is 1.88. The van der Waals surface area contributed by atoms with Crippen molar-refractivity contribution >= 4 is 29.1 Å². The first-order valence-corrected chi connectivity index (χ1v) is 7.97. The number of ketones is 1. The van der Waals surface area contributed by atoms with Gasteiger partial charge in [0, 0.05) is 18.0 Å². The number of halogens is 1. The van der Waals surface area contributed by atoms with E-state index in [1.165, 1.54) is 11.8 Å². The Morgan fingerprint density at radius 3 is 2.57 bits per heavy atom. The predicted molar refractivity (Wildman–Crippen MR) is 86.6 cm³/mol. The van der Waals surface area contributed by atoms with Crippen LogP contribution in [0.5, 0.6) is 0 Å². The van der Waals surface area contributed by atoms with Gasteiger partial charge in [0.15, 0.2) is 11.0 Å². The predicted octanol–water partition coefficient (Wildman–Crippen LogP) is 3.84. The van der Waals surface area contributed by atoms with E-state index >= 15 is 0 Å². The van der Waals surface area contributed by atoms with E-state index in [0.717, 1.165) is 5.56 Å². The first-order valence-electron chi connectivity index (χ1n) is 6.61. The number of carbonyl (C=O) groups excluding carboxylic acids is 1. The van der Waals surface area contributed by atoms with E-state index in [-0.39, 0.29) is 11.2 Å². The highest BCUT2D eigenvalue weighted by atomic mass is 35.5. The summed E-state index contributed by atoms with van der Waals surface area (Å²) in [5.41, 5.74) is 0.500. The number of hydrogen-bond acceptors (Lipinski definition) is 4. The lowest BCUT2D eigenvalue weighted by Crippen LogP contribution is -2.22. The maximum absolute atomic E-state index is 12.0. The SMILES string of the molecule is Cn1c(SCC(=O)C(C)(C)C)nnc1-c1ccccc1Cl. The lowest BCUT2D eigenvalue weighted by molar-refractivity contribution is -0.123. The molecule has 4 nitrogen and oxygen atoms in total. The van der Waals surface area contributed by atoms with Crippen LogP contribution >= 0.6 is 23.4 Å². The van der Waals surface area contributed by atoms with Crippen LogP contribution in [0.15, 0.2) is 29.4 Å². The first-order chi connectivity index (χ1) is 9.80. The minimum Gasteiger partial charge on any atom is -0.305 e. The summed E-state index contributed by atoms with van der Waals surface area (Å²) in [6.07, 6.45) is 0.